The highest BCUT2D eigenvalue weighted by Gasteiger charge is 2.30. The molecule has 0 saturated carbocycles. The second-order valence-electron chi connectivity index (χ2n) is 6.60. The van der Waals surface area contributed by atoms with Crippen molar-refractivity contribution in [1.29, 1.82) is 0 Å². The van der Waals surface area contributed by atoms with Crippen molar-refractivity contribution in [1.82, 2.24) is 10.2 Å². The summed E-state index contributed by atoms with van der Waals surface area (Å²) < 4.78 is 29.1. The number of guanidine groups is 1. The molecule has 0 radical (unpaired) electrons. The number of likely N-dealkylation sites (tertiary alicyclic amines) is 1. The van der Waals surface area contributed by atoms with E-state index < -0.39 is 9.84 Å². The zero-order valence-electron chi connectivity index (χ0n) is 14.3. The molecule has 2 heterocycles. The molecule has 8 heteroatoms. The van der Waals surface area contributed by atoms with Crippen molar-refractivity contribution in [2.45, 2.75) is 18.9 Å². The molecule has 2 aliphatic heterocycles. The van der Waals surface area contributed by atoms with Crippen LogP contribution in [0.2, 0.25) is 5.02 Å². The molecule has 2 saturated heterocycles. The van der Waals surface area contributed by atoms with Crippen LogP contribution in [0.4, 0.5) is 0 Å². The van der Waals surface area contributed by atoms with E-state index in [1.54, 1.807) is 7.05 Å². The van der Waals surface area contributed by atoms with Crippen LogP contribution in [0.3, 0.4) is 0 Å². The molecule has 1 N–H and O–H groups in total. The summed E-state index contributed by atoms with van der Waals surface area (Å²) in [5.74, 6) is 2.24. The third-order valence-electron chi connectivity index (χ3n) is 4.66. The Morgan fingerprint density at radius 1 is 1.40 bits per heavy atom. The van der Waals surface area contributed by atoms with Crippen LogP contribution in [0.15, 0.2) is 29.3 Å². The van der Waals surface area contributed by atoms with Gasteiger partial charge in [-0.1, -0.05) is 23.7 Å². The van der Waals surface area contributed by atoms with Crippen molar-refractivity contribution >= 4 is 27.4 Å². The fourth-order valence-corrected chi connectivity index (χ4v) is 5.38. The normalized spacial score (nSPS) is 26.0. The molecule has 1 aromatic carbocycles. The number of benzene rings is 1. The van der Waals surface area contributed by atoms with E-state index in [4.69, 9.17) is 16.3 Å². The van der Waals surface area contributed by atoms with Crippen molar-refractivity contribution in [2.75, 3.05) is 38.2 Å². The molecular weight excluding hydrogens is 362 g/mol. The Hall–Kier alpha value is -1.47. The van der Waals surface area contributed by atoms with Crippen LogP contribution in [-0.4, -0.2) is 63.6 Å². The zero-order valence-corrected chi connectivity index (χ0v) is 15.9. The molecule has 2 atom stereocenters. The zero-order chi connectivity index (χ0) is 17.9. The summed E-state index contributed by atoms with van der Waals surface area (Å²) >= 11 is 6.15. The molecule has 25 heavy (non-hydrogen) atoms. The molecule has 0 bridgehead atoms. The average Bonchev–Trinajstić information content (AvgIpc) is 3.17. The lowest BCUT2D eigenvalue weighted by Crippen LogP contribution is -2.42. The van der Waals surface area contributed by atoms with Crippen LogP contribution in [0.5, 0.6) is 5.75 Å². The van der Waals surface area contributed by atoms with E-state index in [2.05, 4.69) is 15.2 Å². The minimum Gasteiger partial charge on any atom is -0.487 e. The summed E-state index contributed by atoms with van der Waals surface area (Å²) in [6.45, 7) is 2.21. The topological polar surface area (TPSA) is 71.0 Å². The van der Waals surface area contributed by atoms with Crippen molar-refractivity contribution < 1.29 is 13.2 Å². The number of para-hydroxylation sites is 1. The smallest absolute Gasteiger partial charge is 0.193 e. The maximum absolute atomic E-state index is 11.6. The van der Waals surface area contributed by atoms with Gasteiger partial charge in [-0.25, -0.2) is 8.42 Å². The third kappa shape index (κ3) is 4.79. The number of hydrogen-bond donors (Lipinski definition) is 1. The molecule has 2 unspecified atom stereocenters. The van der Waals surface area contributed by atoms with Crippen molar-refractivity contribution in [3.8, 4) is 5.75 Å². The molecule has 0 spiro atoms. The van der Waals surface area contributed by atoms with Crippen molar-refractivity contribution in [2.24, 2.45) is 10.9 Å². The summed E-state index contributed by atoms with van der Waals surface area (Å²) in [6.07, 6.45) is 1.68. The monoisotopic (exact) mass is 385 g/mol. The number of halogens is 1. The molecule has 0 amide bonds. The van der Waals surface area contributed by atoms with Gasteiger partial charge in [-0.3, -0.25) is 4.99 Å². The number of aliphatic imine (C=N–C) groups is 1. The molecule has 6 nitrogen and oxygen atoms in total. The minimum absolute atomic E-state index is 0.0605. The van der Waals surface area contributed by atoms with E-state index >= 15 is 0 Å². The number of sulfone groups is 1. The first-order chi connectivity index (χ1) is 12.0. The predicted octanol–water partition coefficient (Wildman–Crippen LogP) is 1.80. The third-order valence-corrected chi connectivity index (χ3v) is 6.81. The minimum atomic E-state index is -2.84. The summed E-state index contributed by atoms with van der Waals surface area (Å²) in [4.78, 5) is 6.47. The van der Waals surface area contributed by atoms with E-state index in [0.29, 0.717) is 23.1 Å². The molecule has 2 fully saturated rings. The second-order valence-corrected chi connectivity index (χ2v) is 9.24. The number of hydrogen-bond acceptors (Lipinski definition) is 4. The SMILES string of the molecule is CN=C(NCC1CCS(=O)(=O)C1)N1CCC(Oc2ccccc2Cl)C1. The van der Waals surface area contributed by atoms with Crippen molar-refractivity contribution in [3.63, 3.8) is 0 Å². The van der Waals surface area contributed by atoms with Gasteiger partial charge in [0.1, 0.15) is 11.9 Å². The van der Waals surface area contributed by atoms with Gasteiger partial charge in [0.05, 0.1) is 23.1 Å². The lowest BCUT2D eigenvalue weighted by molar-refractivity contribution is 0.214. The molecule has 3 rings (SSSR count). The molecular formula is C17H24ClN3O3S. The molecule has 0 aliphatic carbocycles. The Kier molecular flexibility index (Phi) is 5.74. The number of rotatable bonds is 4. The molecule has 2 aliphatic rings. The highest BCUT2D eigenvalue weighted by molar-refractivity contribution is 7.91. The fourth-order valence-electron chi connectivity index (χ4n) is 3.34. The van der Waals surface area contributed by atoms with Crippen LogP contribution in [-0.2, 0) is 9.84 Å². The van der Waals surface area contributed by atoms with Crippen LogP contribution in [0.25, 0.3) is 0 Å². The average molecular weight is 386 g/mol. The predicted molar refractivity (Wildman–Crippen MR) is 100 cm³/mol. The van der Waals surface area contributed by atoms with Crippen LogP contribution < -0.4 is 10.1 Å². The number of ether oxygens (including phenoxy) is 1. The first kappa shape index (κ1) is 18.3. The van der Waals surface area contributed by atoms with Crippen molar-refractivity contribution in [3.05, 3.63) is 29.3 Å². The lowest BCUT2D eigenvalue weighted by atomic mass is 10.1. The van der Waals surface area contributed by atoms with E-state index in [1.165, 1.54) is 0 Å². The van der Waals surface area contributed by atoms with E-state index in [1.807, 2.05) is 24.3 Å². The first-order valence-corrected chi connectivity index (χ1v) is 10.7. The summed E-state index contributed by atoms with van der Waals surface area (Å²) in [7, 11) is -1.10. The Morgan fingerprint density at radius 3 is 2.88 bits per heavy atom. The number of nitrogens with zero attached hydrogens (tertiary/aromatic N) is 2. The van der Waals surface area contributed by atoms with Gasteiger partial charge in [-0.15, -0.1) is 0 Å². The Morgan fingerprint density at radius 2 is 2.20 bits per heavy atom. The first-order valence-electron chi connectivity index (χ1n) is 8.54. The van der Waals surface area contributed by atoms with Gasteiger partial charge in [0.2, 0.25) is 0 Å². The maximum Gasteiger partial charge on any atom is 0.193 e. The molecule has 1 aromatic rings. The lowest BCUT2D eigenvalue weighted by Gasteiger charge is -2.23. The molecule has 138 valence electrons. The maximum atomic E-state index is 11.6. The largest absolute Gasteiger partial charge is 0.487 e. The van der Waals surface area contributed by atoms with Gasteiger partial charge >= 0.3 is 0 Å². The van der Waals surface area contributed by atoms with E-state index in [9.17, 15) is 8.42 Å². The Balaban J connectivity index is 1.51. The van der Waals surface area contributed by atoms with Crippen LogP contribution in [0.1, 0.15) is 12.8 Å². The summed E-state index contributed by atoms with van der Waals surface area (Å²) in [5, 5.41) is 3.93. The van der Waals surface area contributed by atoms with Gasteiger partial charge in [0.15, 0.2) is 15.8 Å². The fraction of sp³-hybridized carbons (Fsp3) is 0.588. The highest BCUT2D eigenvalue weighted by atomic mass is 35.5. The van der Waals surface area contributed by atoms with E-state index in [0.717, 1.165) is 31.9 Å². The van der Waals surface area contributed by atoms with Gasteiger partial charge in [0.25, 0.3) is 0 Å². The summed E-state index contributed by atoms with van der Waals surface area (Å²) in [6, 6.07) is 7.48. The second kappa shape index (κ2) is 7.83. The Bertz CT molecular complexity index is 738. The van der Waals surface area contributed by atoms with Gasteiger partial charge < -0.3 is 15.0 Å². The molecule has 0 aromatic heterocycles. The quantitative estimate of drug-likeness (QED) is 0.632. The van der Waals surface area contributed by atoms with Gasteiger partial charge in [-0.05, 0) is 24.5 Å². The highest BCUT2D eigenvalue weighted by Crippen LogP contribution is 2.26. The van der Waals surface area contributed by atoms with E-state index in [-0.39, 0.29) is 17.8 Å². The summed E-state index contributed by atoms with van der Waals surface area (Å²) in [5.41, 5.74) is 0. The van der Waals surface area contributed by atoms with Gasteiger partial charge in [-0.2, -0.15) is 0 Å². The number of nitrogens with one attached hydrogen (secondary N) is 1. The van der Waals surface area contributed by atoms with Crippen LogP contribution in [0, 0.1) is 5.92 Å². The van der Waals surface area contributed by atoms with Crippen LogP contribution >= 0.6 is 11.6 Å². The standard InChI is InChI=1S/C17H24ClN3O3S/c1-19-17(20-10-13-7-9-25(22,23)12-13)21-8-6-14(11-21)24-16-5-3-2-4-15(16)18/h2-5,13-14H,6-12H2,1H3,(H,19,20). The Labute approximate surface area is 154 Å². The van der Waals surface area contributed by atoms with Gasteiger partial charge in [0, 0.05) is 26.6 Å².